The quantitative estimate of drug-likeness (QED) is 0.281. The third kappa shape index (κ3) is 3.42. The molecule has 0 atom stereocenters. The van der Waals surface area contributed by atoms with E-state index >= 15 is 0 Å². The molecule has 3 aromatic heterocycles. The van der Waals surface area contributed by atoms with E-state index in [9.17, 15) is 9.90 Å². The van der Waals surface area contributed by atoms with E-state index in [2.05, 4.69) is 4.98 Å². The van der Waals surface area contributed by atoms with Gasteiger partial charge in [-0.25, -0.2) is 9.97 Å². The molecule has 166 valence electrons. The predicted octanol–water partition coefficient (Wildman–Crippen LogP) is 6.86. The van der Waals surface area contributed by atoms with Gasteiger partial charge < -0.3 is 9.52 Å². The average Bonchev–Trinajstić information content (AvgIpc) is 3.37. The Balaban J connectivity index is 1.71. The molecule has 0 radical (unpaired) electrons. The summed E-state index contributed by atoms with van der Waals surface area (Å²) in [7, 11) is 0. The van der Waals surface area contributed by atoms with Crippen LogP contribution < -0.4 is 5.56 Å². The van der Waals surface area contributed by atoms with Gasteiger partial charge in [-0.2, -0.15) is 0 Å². The molecular formula is C23H14Cl3N3O3S. The molecule has 0 spiro atoms. The van der Waals surface area contributed by atoms with Gasteiger partial charge in [0, 0.05) is 10.9 Å². The Morgan fingerprint density at radius 1 is 1.15 bits per heavy atom. The minimum Gasteiger partial charge on any atom is -0.505 e. The van der Waals surface area contributed by atoms with Crippen molar-refractivity contribution >= 4 is 66.4 Å². The van der Waals surface area contributed by atoms with Gasteiger partial charge in [-0.3, -0.25) is 9.36 Å². The van der Waals surface area contributed by atoms with Crippen molar-refractivity contribution in [2.75, 3.05) is 0 Å². The van der Waals surface area contributed by atoms with E-state index in [0.29, 0.717) is 47.9 Å². The highest BCUT2D eigenvalue weighted by molar-refractivity contribution is 7.25. The lowest BCUT2D eigenvalue weighted by Crippen LogP contribution is -2.24. The van der Waals surface area contributed by atoms with Crippen molar-refractivity contribution in [2.24, 2.45) is 0 Å². The predicted molar refractivity (Wildman–Crippen MR) is 131 cm³/mol. The zero-order valence-electron chi connectivity index (χ0n) is 16.8. The van der Waals surface area contributed by atoms with Gasteiger partial charge in [0.15, 0.2) is 12.1 Å². The van der Waals surface area contributed by atoms with Gasteiger partial charge >= 0.3 is 0 Å². The Hall–Kier alpha value is -2.58. The van der Waals surface area contributed by atoms with E-state index in [1.807, 2.05) is 6.07 Å². The second kappa shape index (κ2) is 7.74. The maximum atomic E-state index is 13.9. The summed E-state index contributed by atoms with van der Waals surface area (Å²) < 4.78 is 7.51. The van der Waals surface area contributed by atoms with Gasteiger partial charge in [0.2, 0.25) is 0 Å². The topological polar surface area (TPSA) is 81.2 Å². The van der Waals surface area contributed by atoms with E-state index in [0.717, 1.165) is 24.0 Å². The number of oxazole rings is 1. The number of thiophene rings is 1. The number of phenols is 1. The van der Waals surface area contributed by atoms with Crippen LogP contribution in [-0.2, 0) is 6.54 Å². The van der Waals surface area contributed by atoms with Crippen LogP contribution in [-0.4, -0.2) is 19.6 Å². The first kappa shape index (κ1) is 21.0. The van der Waals surface area contributed by atoms with Crippen LogP contribution in [0, 0.1) is 0 Å². The minimum absolute atomic E-state index is 0.0619. The molecule has 1 aliphatic carbocycles. The number of rotatable bonds is 4. The fourth-order valence-electron chi connectivity index (χ4n) is 4.10. The van der Waals surface area contributed by atoms with E-state index in [4.69, 9.17) is 44.2 Å². The van der Waals surface area contributed by atoms with Crippen molar-refractivity contribution in [1.82, 2.24) is 14.5 Å². The Morgan fingerprint density at radius 3 is 2.67 bits per heavy atom. The minimum atomic E-state index is -0.257. The lowest BCUT2D eigenvalue weighted by Gasteiger charge is -2.16. The number of hydrogen-bond donors (Lipinski definition) is 1. The number of hydrogen-bond acceptors (Lipinski definition) is 6. The molecule has 1 aliphatic rings. The van der Waals surface area contributed by atoms with Crippen LogP contribution in [0.25, 0.3) is 31.7 Å². The van der Waals surface area contributed by atoms with Gasteiger partial charge in [-0.15, -0.1) is 11.3 Å². The van der Waals surface area contributed by atoms with Crippen LogP contribution in [0.15, 0.2) is 46.1 Å². The van der Waals surface area contributed by atoms with E-state index in [-0.39, 0.29) is 22.9 Å². The molecular weight excluding hydrogens is 505 g/mol. The Bertz CT molecular complexity index is 1620. The second-order valence-corrected chi connectivity index (χ2v) is 10.2. The van der Waals surface area contributed by atoms with Crippen LogP contribution in [0.3, 0.4) is 0 Å². The third-order valence-electron chi connectivity index (χ3n) is 5.83. The molecule has 0 aliphatic heterocycles. The first-order valence-electron chi connectivity index (χ1n) is 10.1. The number of nitrogens with zero attached hydrogens (tertiary/aromatic N) is 3. The molecule has 6 nitrogen and oxygen atoms in total. The van der Waals surface area contributed by atoms with E-state index < -0.39 is 0 Å². The van der Waals surface area contributed by atoms with Crippen LogP contribution in [0.4, 0.5) is 0 Å². The Kier molecular flexibility index (Phi) is 4.92. The molecule has 5 aromatic rings. The van der Waals surface area contributed by atoms with Crippen LogP contribution in [0.2, 0.25) is 15.1 Å². The van der Waals surface area contributed by atoms with E-state index in [1.54, 1.807) is 29.0 Å². The van der Waals surface area contributed by atoms with Crippen molar-refractivity contribution < 1.29 is 9.52 Å². The number of halogens is 3. The van der Waals surface area contributed by atoms with Gasteiger partial charge in [0.1, 0.15) is 16.4 Å². The van der Waals surface area contributed by atoms with Gasteiger partial charge in [0.05, 0.1) is 37.9 Å². The molecule has 6 rings (SSSR count). The Morgan fingerprint density at radius 2 is 1.94 bits per heavy atom. The molecule has 1 N–H and O–H groups in total. The summed E-state index contributed by atoms with van der Waals surface area (Å²) in [5, 5.41) is 12.6. The third-order valence-corrected chi connectivity index (χ3v) is 7.97. The fraction of sp³-hybridized carbons (Fsp3) is 0.174. The molecule has 3 heterocycles. The summed E-state index contributed by atoms with van der Waals surface area (Å²) in [4.78, 5) is 23.2. The molecule has 0 bridgehead atoms. The normalized spacial score (nSPS) is 13.9. The highest BCUT2D eigenvalue weighted by Gasteiger charge is 2.30. The molecule has 10 heteroatoms. The molecule has 1 fully saturated rings. The number of phenolic OH excluding ortho intramolecular Hbond substituents is 1. The molecule has 0 saturated heterocycles. The number of fused-ring (bicyclic) bond motifs is 3. The first-order valence-corrected chi connectivity index (χ1v) is 12.1. The van der Waals surface area contributed by atoms with Gasteiger partial charge in [-0.1, -0.05) is 40.9 Å². The SMILES string of the molecule is O=c1c2c(nc(-c3cc(Cl)c(Cl)cc3C3CC3)n1Cc1cnco1)sc1c(O)c(Cl)ccc12. The second-order valence-electron chi connectivity index (χ2n) is 7.98. The van der Waals surface area contributed by atoms with Crippen molar-refractivity contribution in [1.29, 1.82) is 0 Å². The van der Waals surface area contributed by atoms with Crippen LogP contribution in [0.1, 0.15) is 30.1 Å². The molecule has 0 unspecified atom stereocenters. The van der Waals surface area contributed by atoms with E-state index in [1.165, 1.54) is 17.7 Å². The zero-order valence-corrected chi connectivity index (χ0v) is 19.9. The largest absolute Gasteiger partial charge is 0.505 e. The highest BCUT2D eigenvalue weighted by Crippen LogP contribution is 2.47. The summed E-state index contributed by atoms with van der Waals surface area (Å²) in [6.07, 6.45) is 4.96. The first-order chi connectivity index (χ1) is 15.9. The molecule has 33 heavy (non-hydrogen) atoms. The lowest BCUT2D eigenvalue weighted by molar-refractivity contribution is 0.482. The summed E-state index contributed by atoms with van der Waals surface area (Å²) >= 11 is 20.1. The maximum Gasteiger partial charge on any atom is 0.263 e. The molecule has 2 aromatic carbocycles. The average molecular weight is 519 g/mol. The molecule has 1 saturated carbocycles. The number of aromatic hydroxyl groups is 1. The lowest BCUT2D eigenvalue weighted by atomic mass is 10.0. The van der Waals surface area contributed by atoms with Crippen molar-refractivity contribution in [2.45, 2.75) is 25.3 Å². The van der Waals surface area contributed by atoms with Crippen LogP contribution in [0.5, 0.6) is 5.75 Å². The molecule has 0 amide bonds. The summed E-state index contributed by atoms with van der Waals surface area (Å²) in [6.45, 7) is 0.137. The number of aromatic nitrogens is 3. The summed E-state index contributed by atoms with van der Waals surface area (Å²) in [5.41, 5.74) is 1.51. The summed E-state index contributed by atoms with van der Waals surface area (Å²) in [6, 6.07) is 6.93. The monoisotopic (exact) mass is 517 g/mol. The smallest absolute Gasteiger partial charge is 0.263 e. The maximum absolute atomic E-state index is 13.9. The highest BCUT2D eigenvalue weighted by atomic mass is 35.5. The Labute approximate surface area is 206 Å². The zero-order chi connectivity index (χ0) is 22.9. The number of benzene rings is 2. The van der Waals surface area contributed by atoms with Gasteiger partial charge in [0.25, 0.3) is 5.56 Å². The summed E-state index contributed by atoms with van der Waals surface area (Å²) in [5.74, 6) is 1.25. The van der Waals surface area contributed by atoms with Crippen molar-refractivity contribution in [3.8, 4) is 17.1 Å². The van der Waals surface area contributed by atoms with Crippen molar-refractivity contribution in [3.05, 3.63) is 73.6 Å². The van der Waals surface area contributed by atoms with Crippen LogP contribution >= 0.6 is 46.1 Å². The standard InChI is InChI=1S/C23H14Cl3N3O3S/c24-15-4-3-12-18-22(33-20(12)19(15)30)28-21(29(23(18)31)8-11-7-27-9-32-11)14-6-17(26)16(25)5-13(14)10-1-2-10/h3-7,9-10,30H,1-2,8H2. The van der Waals surface area contributed by atoms with Gasteiger partial charge in [-0.05, 0) is 42.5 Å². The fourth-order valence-corrected chi connectivity index (χ4v) is 5.76. The van der Waals surface area contributed by atoms with Crippen molar-refractivity contribution in [3.63, 3.8) is 0 Å².